The smallest absolute Gasteiger partial charge is 0.164 e. The van der Waals surface area contributed by atoms with Gasteiger partial charge in [0, 0.05) is 45.2 Å². The van der Waals surface area contributed by atoms with Gasteiger partial charge in [-0.25, -0.2) is 29.9 Å². The zero-order valence-electron chi connectivity index (χ0n) is 51.0. The van der Waals surface area contributed by atoms with Crippen LogP contribution in [0, 0.1) is 0 Å². The molecule has 13 aromatic carbocycles. The van der Waals surface area contributed by atoms with Gasteiger partial charge in [-0.15, -0.1) is 0 Å². The molecule has 5 aliphatic rings. The third-order valence-corrected chi connectivity index (χ3v) is 20.3. The second kappa shape index (κ2) is 21.2. The van der Waals surface area contributed by atoms with Crippen molar-refractivity contribution in [2.24, 2.45) is 0 Å². The van der Waals surface area contributed by atoms with Crippen molar-refractivity contribution in [3.8, 4) is 90.6 Å². The normalized spacial score (nSPS) is 15.2. The summed E-state index contributed by atoms with van der Waals surface area (Å²) in [7, 11) is 0. The zero-order chi connectivity index (χ0) is 61.9. The molecule has 0 spiro atoms. The Bertz CT molecular complexity index is 5080. The maximum absolute atomic E-state index is 5.49. The van der Waals surface area contributed by atoms with Gasteiger partial charge in [0.05, 0.1) is 10.8 Å². The van der Waals surface area contributed by atoms with Crippen LogP contribution in [-0.4, -0.2) is 29.9 Å². The lowest BCUT2D eigenvalue weighted by Crippen LogP contribution is -2.28. The van der Waals surface area contributed by atoms with E-state index in [0.717, 1.165) is 33.4 Å². The maximum Gasteiger partial charge on any atom is 0.164 e. The quantitative estimate of drug-likeness (QED) is 0.136. The van der Waals surface area contributed by atoms with Gasteiger partial charge in [-0.1, -0.05) is 303 Å². The first-order valence-corrected chi connectivity index (χ1v) is 32.3. The highest BCUT2D eigenvalue weighted by Crippen LogP contribution is 2.60. The van der Waals surface area contributed by atoms with Crippen LogP contribution in [0.2, 0.25) is 0 Å². The lowest BCUT2D eigenvalue weighted by Gasteiger charge is -2.42. The summed E-state index contributed by atoms with van der Waals surface area (Å²) < 4.78 is 0. The molecule has 20 rings (SSSR count). The molecule has 5 aliphatic carbocycles. The van der Waals surface area contributed by atoms with Crippen LogP contribution in [0.15, 0.2) is 328 Å². The van der Waals surface area contributed by atoms with Crippen molar-refractivity contribution in [3.63, 3.8) is 0 Å². The van der Waals surface area contributed by atoms with E-state index in [1.807, 2.05) is 36.4 Å². The van der Waals surface area contributed by atoms with Crippen molar-refractivity contribution in [3.05, 3.63) is 405 Å². The molecular formula is C88H56N6. The molecule has 2 aromatic heterocycles. The van der Waals surface area contributed by atoms with Crippen LogP contribution in [0.5, 0.6) is 0 Å². The van der Waals surface area contributed by atoms with E-state index in [1.165, 1.54) is 100 Å². The average Bonchev–Trinajstić information content (AvgIpc) is 0.866. The first kappa shape index (κ1) is 53.7. The summed E-state index contributed by atoms with van der Waals surface area (Å²) in [5, 5.41) is 0. The largest absolute Gasteiger partial charge is 0.208 e. The Hall–Kier alpha value is -12.1. The SMILES string of the molecule is c1ccc(-c2nc(-c3ccc4c(c3)C3c5ccccc5C4c4cc(-c5nc(-c6ccccc6)nc(-c6ccc7c(c6)C(c6ccccc6)(c6ccccc6)c6ccccc6-7)n5)ccc43)nc(-c3ccc4c(c3)C(c3ccccc3)(c3ccccc3)c3ccccc3-4)n2)cc1. The lowest BCUT2D eigenvalue weighted by molar-refractivity contribution is 0.754. The van der Waals surface area contributed by atoms with Gasteiger partial charge in [0.15, 0.2) is 34.9 Å². The van der Waals surface area contributed by atoms with Gasteiger partial charge in [0.2, 0.25) is 0 Å². The van der Waals surface area contributed by atoms with E-state index in [0.29, 0.717) is 34.9 Å². The fourth-order valence-corrected chi connectivity index (χ4v) is 16.4. The predicted molar refractivity (Wildman–Crippen MR) is 375 cm³/mol. The Morgan fingerprint density at radius 1 is 0.181 bits per heavy atom. The molecule has 15 aromatic rings. The Kier molecular flexibility index (Phi) is 12.1. The van der Waals surface area contributed by atoms with Crippen LogP contribution in [0.4, 0.5) is 0 Å². The second-order valence-corrected chi connectivity index (χ2v) is 25.1. The molecule has 0 aliphatic heterocycles. The summed E-state index contributed by atoms with van der Waals surface area (Å²) in [5.41, 5.74) is 26.7. The summed E-state index contributed by atoms with van der Waals surface area (Å²) in [6, 6.07) is 118. The Morgan fingerprint density at radius 2 is 0.436 bits per heavy atom. The number of aromatic nitrogens is 6. The van der Waals surface area contributed by atoms with Crippen molar-refractivity contribution in [1.82, 2.24) is 29.9 Å². The van der Waals surface area contributed by atoms with E-state index in [9.17, 15) is 0 Å². The van der Waals surface area contributed by atoms with Crippen LogP contribution < -0.4 is 0 Å². The second-order valence-electron chi connectivity index (χ2n) is 25.1. The summed E-state index contributed by atoms with van der Waals surface area (Å²) in [4.78, 5) is 32.4. The minimum atomic E-state index is -0.579. The summed E-state index contributed by atoms with van der Waals surface area (Å²) in [6.07, 6.45) is 0. The van der Waals surface area contributed by atoms with E-state index < -0.39 is 10.8 Å². The monoisotopic (exact) mass is 1200 g/mol. The van der Waals surface area contributed by atoms with Crippen molar-refractivity contribution in [2.45, 2.75) is 22.7 Å². The molecule has 0 radical (unpaired) electrons. The highest BCUT2D eigenvalue weighted by atomic mass is 15.0. The topological polar surface area (TPSA) is 77.3 Å². The highest BCUT2D eigenvalue weighted by Gasteiger charge is 2.48. The van der Waals surface area contributed by atoms with Crippen molar-refractivity contribution in [1.29, 1.82) is 0 Å². The molecule has 2 atom stereocenters. The minimum absolute atomic E-state index is 0.0450. The van der Waals surface area contributed by atoms with E-state index in [4.69, 9.17) is 29.9 Å². The third kappa shape index (κ3) is 8.02. The van der Waals surface area contributed by atoms with Gasteiger partial charge in [0.25, 0.3) is 0 Å². The van der Waals surface area contributed by atoms with Crippen molar-refractivity contribution in [2.75, 3.05) is 0 Å². The van der Waals surface area contributed by atoms with E-state index in [-0.39, 0.29) is 11.8 Å². The van der Waals surface area contributed by atoms with Crippen LogP contribution in [0.1, 0.15) is 89.7 Å². The maximum atomic E-state index is 5.49. The first-order chi connectivity index (χ1) is 46.6. The molecule has 94 heavy (non-hydrogen) atoms. The summed E-state index contributed by atoms with van der Waals surface area (Å²) in [5.74, 6) is 3.63. The van der Waals surface area contributed by atoms with Crippen LogP contribution in [-0.2, 0) is 10.8 Å². The van der Waals surface area contributed by atoms with E-state index in [2.05, 4.69) is 291 Å². The molecular weight excluding hydrogens is 1140 g/mol. The van der Waals surface area contributed by atoms with Crippen molar-refractivity contribution >= 4 is 0 Å². The molecule has 0 N–H and O–H groups in total. The molecule has 2 heterocycles. The Balaban J connectivity index is 0.737. The van der Waals surface area contributed by atoms with E-state index in [1.54, 1.807) is 0 Å². The summed E-state index contributed by atoms with van der Waals surface area (Å²) >= 11 is 0. The van der Waals surface area contributed by atoms with Gasteiger partial charge in [-0.3, -0.25) is 0 Å². The van der Waals surface area contributed by atoms with Crippen molar-refractivity contribution < 1.29 is 0 Å². The fraction of sp³-hybridized carbons (Fsp3) is 0.0455. The first-order valence-electron chi connectivity index (χ1n) is 32.3. The fourth-order valence-electron chi connectivity index (χ4n) is 16.4. The standard InChI is InChI=1S/C88H56N6/c1-7-25-55(26-8-1)81-89-83(93-85(91-81)59-43-47-67-65-37-21-23-41-75(65)87(77(67)53-59,61-29-11-3-12-30-61)62-31-13-4-14-32-62)57-45-49-71-73(51-57)79-69-39-19-20-40-70(69)80(71)74-52-58(46-50-72(74)79)84-90-82(56-27-9-2-10-28-56)92-86(94-84)60-44-48-68-66-38-22-24-42-76(66)88(78(68)54-60,63-33-15-5-16-34-63)64-35-17-6-18-36-64/h1-54,79-80H. The zero-order valence-corrected chi connectivity index (χ0v) is 51.0. The molecule has 2 bridgehead atoms. The Labute approximate surface area is 545 Å². The van der Waals surface area contributed by atoms with Gasteiger partial charge in [-0.2, -0.15) is 0 Å². The number of hydrogen-bond donors (Lipinski definition) is 0. The van der Waals surface area contributed by atoms with Crippen LogP contribution in [0.3, 0.4) is 0 Å². The minimum Gasteiger partial charge on any atom is -0.208 e. The molecule has 2 unspecified atom stereocenters. The number of nitrogens with zero attached hydrogens (tertiary/aromatic N) is 6. The third-order valence-electron chi connectivity index (χ3n) is 20.3. The lowest BCUT2D eigenvalue weighted by atomic mass is 9.61. The molecule has 6 heteroatoms. The number of fused-ring (bicyclic) bond motifs is 6. The van der Waals surface area contributed by atoms with Crippen LogP contribution in [0.25, 0.3) is 90.6 Å². The number of hydrogen-bond acceptors (Lipinski definition) is 6. The highest BCUT2D eigenvalue weighted by molar-refractivity contribution is 5.90. The molecule has 0 fully saturated rings. The number of rotatable bonds is 10. The molecule has 6 nitrogen and oxygen atoms in total. The average molecular weight is 1200 g/mol. The van der Waals surface area contributed by atoms with Gasteiger partial charge < -0.3 is 0 Å². The molecule has 0 saturated carbocycles. The molecule has 0 amide bonds. The van der Waals surface area contributed by atoms with Crippen LogP contribution >= 0.6 is 0 Å². The molecule has 438 valence electrons. The summed E-state index contributed by atoms with van der Waals surface area (Å²) in [6.45, 7) is 0. The number of benzene rings is 13. The van der Waals surface area contributed by atoms with Gasteiger partial charge >= 0.3 is 0 Å². The van der Waals surface area contributed by atoms with Gasteiger partial charge in [-0.05, 0) is 124 Å². The molecule has 0 saturated heterocycles. The van der Waals surface area contributed by atoms with Gasteiger partial charge in [0.1, 0.15) is 0 Å². The Morgan fingerprint density at radius 3 is 0.787 bits per heavy atom. The van der Waals surface area contributed by atoms with E-state index >= 15 is 0 Å². The predicted octanol–water partition coefficient (Wildman–Crippen LogP) is 19.8.